The van der Waals surface area contributed by atoms with Crippen LogP contribution in [0.2, 0.25) is 0 Å². The highest BCUT2D eigenvalue weighted by molar-refractivity contribution is 7.89. The summed E-state index contributed by atoms with van der Waals surface area (Å²) in [6.07, 6.45) is 0.972. The minimum absolute atomic E-state index is 0.0780. The SMILES string of the molecule is CCc1ccc(-c2noc(C)c2-c2ccc(S(N)(=O)=O)cc2)cc1. The van der Waals surface area contributed by atoms with E-state index in [4.69, 9.17) is 9.66 Å². The van der Waals surface area contributed by atoms with Crippen molar-refractivity contribution in [1.82, 2.24) is 5.16 Å². The van der Waals surface area contributed by atoms with Gasteiger partial charge in [0.1, 0.15) is 11.5 Å². The van der Waals surface area contributed by atoms with E-state index in [0.717, 1.165) is 28.8 Å². The fourth-order valence-corrected chi connectivity index (χ4v) is 3.13. The van der Waals surface area contributed by atoms with Gasteiger partial charge in [0.15, 0.2) is 0 Å². The Labute approximate surface area is 141 Å². The Morgan fingerprint density at radius 2 is 1.58 bits per heavy atom. The van der Waals surface area contributed by atoms with Crippen molar-refractivity contribution in [2.45, 2.75) is 25.2 Å². The third kappa shape index (κ3) is 3.11. The highest BCUT2D eigenvalue weighted by atomic mass is 32.2. The highest BCUT2D eigenvalue weighted by Gasteiger charge is 2.17. The van der Waals surface area contributed by atoms with Crippen LogP contribution in [0.5, 0.6) is 0 Å². The molecule has 2 aromatic carbocycles. The summed E-state index contributed by atoms with van der Waals surface area (Å²) in [5.41, 5.74) is 4.61. The number of nitrogens with two attached hydrogens (primary N) is 1. The van der Waals surface area contributed by atoms with Crippen LogP contribution >= 0.6 is 0 Å². The molecule has 0 saturated heterocycles. The molecule has 1 heterocycles. The largest absolute Gasteiger partial charge is 0.360 e. The first-order valence-corrected chi connectivity index (χ1v) is 9.13. The lowest BCUT2D eigenvalue weighted by Gasteiger charge is -2.05. The summed E-state index contributed by atoms with van der Waals surface area (Å²) in [5, 5.41) is 9.32. The molecule has 6 heteroatoms. The second-order valence-corrected chi connectivity index (χ2v) is 7.14. The number of aromatic nitrogens is 1. The molecule has 0 amide bonds. The van der Waals surface area contributed by atoms with Crippen molar-refractivity contribution in [3.63, 3.8) is 0 Å². The zero-order chi connectivity index (χ0) is 17.3. The van der Waals surface area contributed by atoms with Crippen molar-refractivity contribution in [3.05, 3.63) is 59.9 Å². The van der Waals surface area contributed by atoms with Crippen molar-refractivity contribution in [2.75, 3.05) is 0 Å². The van der Waals surface area contributed by atoms with Gasteiger partial charge >= 0.3 is 0 Å². The second kappa shape index (κ2) is 6.22. The Bertz CT molecular complexity index is 957. The maximum absolute atomic E-state index is 11.4. The van der Waals surface area contributed by atoms with Crippen LogP contribution in [0, 0.1) is 6.92 Å². The molecule has 0 aliphatic heterocycles. The normalized spacial score (nSPS) is 11.6. The van der Waals surface area contributed by atoms with Gasteiger partial charge in [-0.15, -0.1) is 0 Å². The van der Waals surface area contributed by atoms with Crippen LogP contribution in [0.1, 0.15) is 18.2 Å². The zero-order valence-electron chi connectivity index (χ0n) is 13.5. The number of rotatable bonds is 4. The predicted molar refractivity (Wildman–Crippen MR) is 92.9 cm³/mol. The summed E-state index contributed by atoms with van der Waals surface area (Å²) in [6.45, 7) is 3.94. The number of hydrogen-bond donors (Lipinski definition) is 1. The standard InChI is InChI=1S/C18H18N2O3S/c1-3-13-4-6-15(7-5-13)18-17(12(2)23-20-18)14-8-10-16(11-9-14)24(19,21)22/h4-11H,3H2,1-2H3,(H2,19,21,22). The predicted octanol–water partition coefficient (Wildman–Crippen LogP) is 3.53. The third-order valence-electron chi connectivity index (χ3n) is 3.97. The maximum Gasteiger partial charge on any atom is 0.238 e. The van der Waals surface area contributed by atoms with E-state index < -0.39 is 10.0 Å². The molecule has 3 aromatic rings. The molecule has 0 fully saturated rings. The summed E-state index contributed by atoms with van der Waals surface area (Å²) in [5.74, 6) is 0.674. The van der Waals surface area contributed by atoms with E-state index in [-0.39, 0.29) is 4.90 Å². The average Bonchev–Trinajstić information content (AvgIpc) is 2.96. The molecule has 2 N–H and O–H groups in total. The molecule has 0 atom stereocenters. The number of primary sulfonamides is 1. The van der Waals surface area contributed by atoms with Gasteiger partial charge in [-0.05, 0) is 36.6 Å². The van der Waals surface area contributed by atoms with Gasteiger partial charge in [0, 0.05) is 5.56 Å². The lowest BCUT2D eigenvalue weighted by molar-refractivity contribution is 0.400. The molecule has 0 radical (unpaired) electrons. The summed E-state index contributed by atoms with van der Waals surface area (Å²) in [6, 6.07) is 14.5. The summed E-state index contributed by atoms with van der Waals surface area (Å²) >= 11 is 0. The molecule has 0 saturated carbocycles. The maximum atomic E-state index is 11.4. The van der Waals surface area contributed by atoms with Crippen LogP contribution in [-0.4, -0.2) is 13.6 Å². The zero-order valence-corrected chi connectivity index (χ0v) is 14.3. The molecule has 0 bridgehead atoms. The number of sulfonamides is 1. The van der Waals surface area contributed by atoms with Crippen LogP contribution in [0.25, 0.3) is 22.4 Å². The van der Waals surface area contributed by atoms with Gasteiger partial charge < -0.3 is 4.52 Å². The van der Waals surface area contributed by atoms with Crippen molar-refractivity contribution in [3.8, 4) is 22.4 Å². The Morgan fingerprint density at radius 1 is 1.00 bits per heavy atom. The van der Waals surface area contributed by atoms with Crippen LogP contribution in [0.15, 0.2) is 57.9 Å². The first-order valence-electron chi connectivity index (χ1n) is 7.59. The van der Waals surface area contributed by atoms with E-state index in [0.29, 0.717) is 5.76 Å². The van der Waals surface area contributed by atoms with Crippen LogP contribution in [0.4, 0.5) is 0 Å². The fraction of sp³-hybridized carbons (Fsp3) is 0.167. The summed E-state index contributed by atoms with van der Waals surface area (Å²) in [7, 11) is -3.71. The van der Waals surface area contributed by atoms with E-state index in [2.05, 4.69) is 24.2 Å². The fourth-order valence-electron chi connectivity index (χ4n) is 2.62. The van der Waals surface area contributed by atoms with Gasteiger partial charge in [-0.25, -0.2) is 13.6 Å². The number of hydrogen-bond acceptors (Lipinski definition) is 4. The van der Waals surface area contributed by atoms with Crippen molar-refractivity contribution >= 4 is 10.0 Å². The molecule has 5 nitrogen and oxygen atoms in total. The summed E-state index contributed by atoms with van der Waals surface area (Å²) in [4.78, 5) is 0.0780. The van der Waals surface area contributed by atoms with E-state index in [1.54, 1.807) is 12.1 Å². The van der Waals surface area contributed by atoms with Gasteiger partial charge in [-0.2, -0.15) is 0 Å². The highest BCUT2D eigenvalue weighted by Crippen LogP contribution is 2.34. The number of benzene rings is 2. The van der Waals surface area contributed by atoms with Crippen molar-refractivity contribution < 1.29 is 12.9 Å². The Hall–Kier alpha value is -2.44. The van der Waals surface area contributed by atoms with Crippen LogP contribution in [-0.2, 0) is 16.4 Å². The average molecular weight is 342 g/mol. The topological polar surface area (TPSA) is 86.2 Å². The second-order valence-electron chi connectivity index (χ2n) is 5.58. The molecule has 0 aliphatic carbocycles. The van der Waals surface area contributed by atoms with Gasteiger partial charge in [0.25, 0.3) is 0 Å². The quantitative estimate of drug-likeness (QED) is 0.786. The monoisotopic (exact) mass is 342 g/mol. The van der Waals surface area contributed by atoms with Crippen molar-refractivity contribution in [1.29, 1.82) is 0 Å². The van der Waals surface area contributed by atoms with Gasteiger partial charge in [-0.1, -0.05) is 48.5 Å². The first kappa shape index (κ1) is 16.4. The minimum Gasteiger partial charge on any atom is -0.360 e. The van der Waals surface area contributed by atoms with Crippen molar-refractivity contribution in [2.24, 2.45) is 5.14 Å². The minimum atomic E-state index is -3.71. The lowest BCUT2D eigenvalue weighted by atomic mass is 9.98. The van der Waals surface area contributed by atoms with E-state index >= 15 is 0 Å². The lowest BCUT2D eigenvalue weighted by Crippen LogP contribution is -2.11. The Kier molecular flexibility index (Phi) is 4.26. The van der Waals surface area contributed by atoms with Gasteiger partial charge in [0.2, 0.25) is 10.0 Å². The Morgan fingerprint density at radius 3 is 2.12 bits per heavy atom. The van der Waals surface area contributed by atoms with E-state index in [1.807, 2.05) is 19.1 Å². The molecule has 3 rings (SSSR count). The van der Waals surface area contributed by atoms with Gasteiger partial charge in [-0.3, -0.25) is 0 Å². The van der Waals surface area contributed by atoms with E-state index in [1.165, 1.54) is 17.7 Å². The molecule has 124 valence electrons. The summed E-state index contributed by atoms with van der Waals surface area (Å²) < 4.78 is 28.2. The van der Waals surface area contributed by atoms with Crippen LogP contribution < -0.4 is 5.14 Å². The van der Waals surface area contributed by atoms with E-state index in [9.17, 15) is 8.42 Å². The molecule has 0 aliphatic rings. The molecule has 0 unspecified atom stereocenters. The molecule has 1 aromatic heterocycles. The Balaban J connectivity index is 2.07. The smallest absolute Gasteiger partial charge is 0.238 e. The molecule has 24 heavy (non-hydrogen) atoms. The number of aryl methyl sites for hydroxylation is 2. The third-order valence-corrected chi connectivity index (χ3v) is 4.90. The molecular formula is C18H18N2O3S. The van der Waals surface area contributed by atoms with Gasteiger partial charge in [0.05, 0.1) is 10.5 Å². The first-order chi connectivity index (χ1) is 11.4. The number of nitrogens with zero attached hydrogens (tertiary/aromatic N) is 1. The van der Waals surface area contributed by atoms with Crippen LogP contribution in [0.3, 0.4) is 0 Å². The molecule has 0 spiro atoms. The molecular weight excluding hydrogens is 324 g/mol.